The molecule has 1 heterocycles. The van der Waals surface area contributed by atoms with Crippen molar-refractivity contribution in [2.45, 2.75) is 53.0 Å². The topological polar surface area (TPSA) is 38.9 Å². The van der Waals surface area contributed by atoms with Crippen LogP contribution in [0.5, 0.6) is 0 Å². The van der Waals surface area contributed by atoms with Gasteiger partial charge in [-0.2, -0.15) is 0 Å². The minimum Gasteiger partial charge on any atom is -0.326 e. The summed E-state index contributed by atoms with van der Waals surface area (Å²) in [6, 6.07) is 6.64. The number of rotatable bonds is 3. The van der Waals surface area contributed by atoms with Gasteiger partial charge in [0.15, 0.2) is 0 Å². The van der Waals surface area contributed by atoms with Gasteiger partial charge in [0.1, 0.15) is 0 Å². The fourth-order valence-corrected chi connectivity index (χ4v) is 3.48. The monoisotopic (exact) mass is 288 g/mol. The number of nitrogens with two attached hydrogens (primary N) is 1. The Hall–Kier alpha value is -1.19. The van der Waals surface area contributed by atoms with Crippen molar-refractivity contribution in [1.82, 2.24) is 4.98 Å². The quantitative estimate of drug-likeness (QED) is 0.923. The molecule has 0 saturated heterocycles. The van der Waals surface area contributed by atoms with Crippen LogP contribution in [0.2, 0.25) is 0 Å². The molecule has 0 aliphatic carbocycles. The lowest BCUT2D eigenvalue weighted by molar-refractivity contribution is 0.564. The molecule has 0 bridgehead atoms. The summed E-state index contributed by atoms with van der Waals surface area (Å²) in [5.74, 6) is 0. The second-order valence-electron chi connectivity index (χ2n) is 6.43. The second kappa shape index (κ2) is 5.66. The normalized spacial score (nSPS) is 11.9. The number of aromatic nitrogens is 1. The van der Waals surface area contributed by atoms with Crippen molar-refractivity contribution in [2.24, 2.45) is 5.73 Å². The first-order valence-corrected chi connectivity index (χ1v) is 7.88. The number of aryl methyl sites for hydroxylation is 2. The molecule has 0 amide bonds. The fraction of sp³-hybridized carbons (Fsp3) is 0.471. The summed E-state index contributed by atoms with van der Waals surface area (Å²) in [4.78, 5) is 6.06. The molecule has 0 saturated carbocycles. The predicted octanol–water partition coefficient (Wildman–Crippen LogP) is 4.11. The van der Waals surface area contributed by atoms with Gasteiger partial charge in [-0.25, -0.2) is 4.98 Å². The number of hydrogen-bond acceptors (Lipinski definition) is 3. The van der Waals surface area contributed by atoms with Crippen LogP contribution in [-0.2, 0) is 18.4 Å². The molecule has 20 heavy (non-hydrogen) atoms. The van der Waals surface area contributed by atoms with E-state index in [-0.39, 0.29) is 5.41 Å². The van der Waals surface area contributed by atoms with E-state index < -0.39 is 0 Å². The van der Waals surface area contributed by atoms with E-state index in [1.54, 1.807) is 11.3 Å². The summed E-state index contributed by atoms with van der Waals surface area (Å²) < 4.78 is 0. The molecule has 0 aliphatic rings. The smallest absolute Gasteiger partial charge is 0.0975 e. The van der Waals surface area contributed by atoms with Crippen LogP contribution in [0.25, 0.3) is 0 Å². The Labute approximate surface area is 126 Å². The number of hydrogen-bond donors (Lipinski definition) is 1. The van der Waals surface area contributed by atoms with Crippen LogP contribution in [0, 0.1) is 13.8 Å². The van der Waals surface area contributed by atoms with E-state index in [0.717, 1.165) is 12.1 Å². The van der Waals surface area contributed by atoms with Gasteiger partial charge in [-0.3, -0.25) is 0 Å². The van der Waals surface area contributed by atoms with Gasteiger partial charge in [0, 0.05) is 23.3 Å². The number of nitrogens with zero attached hydrogens (tertiary/aromatic N) is 1. The van der Waals surface area contributed by atoms with Crippen LogP contribution in [0.15, 0.2) is 18.2 Å². The van der Waals surface area contributed by atoms with Gasteiger partial charge >= 0.3 is 0 Å². The van der Waals surface area contributed by atoms with Crippen molar-refractivity contribution >= 4 is 11.3 Å². The SMILES string of the molecule is Cc1ccc(Cc2nc(C(C)(C)C)c(CN)s2)cc1C. The van der Waals surface area contributed by atoms with E-state index in [0.29, 0.717) is 6.54 Å². The highest BCUT2D eigenvalue weighted by molar-refractivity contribution is 7.11. The van der Waals surface area contributed by atoms with Crippen LogP contribution in [0.1, 0.15) is 53.0 Å². The summed E-state index contributed by atoms with van der Waals surface area (Å²) in [5, 5.41) is 1.17. The van der Waals surface area contributed by atoms with E-state index in [1.807, 2.05) is 0 Å². The molecular formula is C17H24N2S. The average molecular weight is 288 g/mol. The van der Waals surface area contributed by atoms with Gasteiger partial charge in [0.05, 0.1) is 10.7 Å². The third-order valence-corrected chi connectivity index (χ3v) is 4.64. The van der Waals surface area contributed by atoms with E-state index in [9.17, 15) is 0 Å². The zero-order chi connectivity index (χ0) is 14.9. The molecule has 0 radical (unpaired) electrons. The summed E-state index contributed by atoms with van der Waals surface area (Å²) in [6.07, 6.45) is 0.898. The fourth-order valence-electron chi connectivity index (χ4n) is 2.29. The highest BCUT2D eigenvalue weighted by Crippen LogP contribution is 2.30. The maximum absolute atomic E-state index is 5.87. The summed E-state index contributed by atoms with van der Waals surface area (Å²) >= 11 is 1.76. The molecule has 2 nitrogen and oxygen atoms in total. The molecule has 0 unspecified atom stereocenters. The van der Waals surface area contributed by atoms with Crippen molar-refractivity contribution in [3.05, 3.63) is 50.5 Å². The van der Waals surface area contributed by atoms with Crippen LogP contribution >= 0.6 is 11.3 Å². The lowest BCUT2D eigenvalue weighted by Crippen LogP contribution is -2.15. The Morgan fingerprint density at radius 3 is 2.35 bits per heavy atom. The van der Waals surface area contributed by atoms with Crippen LogP contribution in [-0.4, -0.2) is 4.98 Å². The Balaban J connectivity index is 2.30. The first kappa shape index (κ1) is 15.2. The zero-order valence-corrected chi connectivity index (χ0v) is 13.9. The third kappa shape index (κ3) is 3.28. The first-order valence-electron chi connectivity index (χ1n) is 7.06. The Kier molecular flexibility index (Phi) is 4.31. The first-order chi connectivity index (χ1) is 9.31. The molecule has 0 aliphatic heterocycles. The zero-order valence-electron chi connectivity index (χ0n) is 13.1. The van der Waals surface area contributed by atoms with Gasteiger partial charge in [-0.1, -0.05) is 39.0 Å². The van der Waals surface area contributed by atoms with Crippen molar-refractivity contribution in [3.8, 4) is 0 Å². The maximum Gasteiger partial charge on any atom is 0.0975 e. The molecule has 3 heteroatoms. The van der Waals surface area contributed by atoms with E-state index in [1.165, 1.54) is 26.6 Å². The maximum atomic E-state index is 5.87. The van der Waals surface area contributed by atoms with Gasteiger partial charge in [0.25, 0.3) is 0 Å². The van der Waals surface area contributed by atoms with Crippen molar-refractivity contribution in [2.75, 3.05) is 0 Å². The Morgan fingerprint density at radius 1 is 1.15 bits per heavy atom. The van der Waals surface area contributed by atoms with Crippen LogP contribution in [0.3, 0.4) is 0 Å². The highest BCUT2D eigenvalue weighted by Gasteiger charge is 2.22. The summed E-state index contributed by atoms with van der Waals surface area (Å²) in [6.45, 7) is 11.5. The Morgan fingerprint density at radius 2 is 1.85 bits per heavy atom. The van der Waals surface area contributed by atoms with Gasteiger partial charge in [-0.15, -0.1) is 11.3 Å². The molecule has 0 spiro atoms. The van der Waals surface area contributed by atoms with E-state index in [4.69, 9.17) is 10.7 Å². The Bertz CT molecular complexity index is 606. The highest BCUT2D eigenvalue weighted by atomic mass is 32.1. The summed E-state index contributed by atoms with van der Waals surface area (Å²) in [7, 11) is 0. The lowest BCUT2D eigenvalue weighted by Gasteiger charge is -2.16. The lowest BCUT2D eigenvalue weighted by atomic mass is 9.91. The molecule has 2 aromatic rings. The van der Waals surface area contributed by atoms with Gasteiger partial charge < -0.3 is 5.73 Å². The third-order valence-electron chi connectivity index (χ3n) is 3.56. The molecule has 1 aromatic heterocycles. The number of benzene rings is 1. The van der Waals surface area contributed by atoms with E-state index >= 15 is 0 Å². The average Bonchev–Trinajstić information content (AvgIpc) is 2.77. The molecule has 2 N–H and O–H groups in total. The van der Waals surface area contributed by atoms with E-state index in [2.05, 4.69) is 52.8 Å². The van der Waals surface area contributed by atoms with Crippen LogP contribution in [0.4, 0.5) is 0 Å². The standard InChI is InChI=1S/C17H24N2S/c1-11-6-7-13(8-12(11)2)9-15-19-16(17(3,4)5)14(10-18)20-15/h6-8H,9-10,18H2,1-5H3. The minimum atomic E-state index is 0.0621. The molecule has 108 valence electrons. The largest absolute Gasteiger partial charge is 0.326 e. The predicted molar refractivity (Wildman–Crippen MR) is 87.4 cm³/mol. The molecule has 2 rings (SSSR count). The molecule has 1 aromatic carbocycles. The summed E-state index contributed by atoms with van der Waals surface area (Å²) in [5.41, 5.74) is 11.1. The van der Waals surface area contributed by atoms with Gasteiger partial charge in [-0.05, 0) is 30.5 Å². The number of thiazole rings is 1. The van der Waals surface area contributed by atoms with Crippen LogP contribution < -0.4 is 5.73 Å². The molecular weight excluding hydrogens is 264 g/mol. The van der Waals surface area contributed by atoms with Gasteiger partial charge in [0.2, 0.25) is 0 Å². The minimum absolute atomic E-state index is 0.0621. The van der Waals surface area contributed by atoms with Crippen molar-refractivity contribution < 1.29 is 0 Å². The van der Waals surface area contributed by atoms with Crippen molar-refractivity contribution in [3.63, 3.8) is 0 Å². The second-order valence-corrected chi connectivity index (χ2v) is 7.60. The molecule has 0 fully saturated rings. The van der Waals surface area contributed by atoms with Crippen molar-refractivity contribution in [1.29, 1.82) is 0 Å². The molecule has 0 atom stereocenters.